The van der Waals surface area contributed by atoms with Gasteiger partial charge < -0.3 is 4.90 Å². The topological polar surface area (TPSA) is 54.5 Å². The Morgan fingerprint density at radius 2 is 2.21 bits per heavy atom. The largest absolute Gasteiger partial charge is 0.320 e. The normalized spacial score (nSPS) is 20.3. The van der Waals surface area contributed by atoms with E-state index in [2.05, 4.69) is 0 Å². The van der Waals surface area contributed by atoms with Crippen LogP contribution in [0.2, 0.25) is 5.02 Å². The molecule has 1 aromatic rings. The van der Waals surface area contributed by atoms with Crippen LogP contribution in [0.15, 0.2) is 24.3 Å². The van der Waals surface area contributed by atoms with Crippen LogP contribution < -0.4 is 0 Å². The zero-order valence-electron chi connectivity index (χ0n) is 10.4. The third kappa shape index (κ3) is 3.43. The molecule has 0 N–H and O–H groups in total. The van der Waals surface area contributed by atoms with E-state index >= 15 is 0 Å². The highest BCUT2D eigenvalue weighted by Gasteiger charge is 2.34. The second kappa shape index (κ2) is 5.73. The predicted molar refractivity (Wildman–Crippen MR) is 78.4 cm³/mol. The van der Waals surface area contributed by atoms with Gasteiger partial charge in [0.25, 0.3) is 5.91 Å². The number of hydrogen-bond acceptors (Lipinski definition) is 4. The van der Waals surface area contributed by atoms with Gasteiger partial charge in [0.15, 0.2) is 9.84 Å². The first-order valence-corrected chi connectivity index (χ1v) is 9.21. The van der Waals surface area contributed by atoms with Crippen molar-refractivity contribution in [3.05, 3.63) is 34.9 Å². The van der Waals surface area contributed by atoms with Crippen molar-refractivity contribution in [1.29, 1.82) is 0 Å². The standard InChI is InChI=1S/C12H14ClNO3S2/c1-19(16,17)11-8-18-6-5-14(11)12(15)9-3-2-4-10(13)7-9/h2-4,7,11H,5-6,8H2,1H3/t11-/m1/s1. The molecule has 1 aliphatic heterocycles. The van der Waals surface area contributed by atoms with E-state index in [1.54, 1.807) is 36.0 Å². The number of thioether (sulfide) groups is 1. The summed E-state index contributed by atoms with van der Waals surface area (Å²) in [5.74, 6) is 0.891. The summed E-state index contributed by atoms with van der Waals surface area (Å²) in [7, 11) is -3.29. The molecule has 19 heavy (non-hydrogen) atoms. The molecule has 0 aliphatic carbocycles. The van der Waals surface area contributed by atoms with Crippen molar-refractivity contribution in [1.82, 2.24) is 4.90 Å². The molecule has 2 rings (SSSR count). The first-order chi connectivity index (χ1) is 8.89. The summed E-state index contributed by atoms with van der Waals surface area (Å²) < 4.78 is 23.5. The lowest BCUT2D eigenvalue weighted by atomic mass is 10.2. The van der Waals surface area contributed by atoms with Gasteiger partial charge in [0.05, 0.1) is 0 Å². The molecule has 1 saturated heterocycles. The van der Waals surface area contributed by atoms with Gasteiger partial charge >= 0.3 is 0 Å². The Morgan fingerprint density at radius 3 is 2.84 bits per heavy atom. The highest BCUT2D eigenvalue weighted by Crippen LogP contribution is 2.23. The fraction of sp³-hybridized carbons (Fsp3) is 0.417. The van der Waals surface area contributed by atoms with Crippen molar-refractivity contribution in [2.75, 3.05) is 24.3 Å². The summed E-state index contributed by atoms with van der Waals surface area (Å²) in [6, 6.07) is 6.57. The number of nitrogens with zero attached hydrogens (tertiary/aromatic N) is 1. The van der Waals surface area contributed by atoms with E-state index in [9.17, 15) is 13.2 Å². The van der Waals surface area contributed by atoms with Crippen molar-refractivity contribution < 1.29 is 13.2 Å². The third-order valence-electron chi connectivity index (χ3n) is 2.91. The van der Waals surface area contributed by atoms with E-state index in [0.29, 0.717) is 22.9 Å². The first-order valence-electron chi connectivity index (χ1n) is 5.73. The number of carbonyl (C=O) groups is 1. The van der Waals surface area contributed by atoms with Crippen LogP contribution in [0.4, 0.5) is 0 Å². The summed E-state index contributed by atoms with van der Waals surface area (Å²) in [5, 5.41) is -0.286. The van der Waals surface area contributed by atoms with Crippen LogP contribution in [0.3, 0.4) is 0 Å². The molecule has 1 heterocycles. The van der Waals surface area contributed by atoms with E-state index < -0.39 is 15.2 Å². The minimum absolute atomic E-state index is 0.279. The minimum atomic E-state index is -3.29. The van der Waals surface area contributed by atoms with Crippen LogP contribution in [-0.2, 0) is 9.84 Å². The molecule has 1 amide bonds. The molecule has 1 fully saturated rings. The Balaban J connectivity index is 2.30. The molecule has 1 atom stereocenters. The van der Waals surface area contributed by atoms with E-state index in [1.165, 1.54) is 11.2 Å². The third-order valence-corrected chi connectivity index (χ3v) is 5.79. The van der Waals surface area contributed by atoms with Crippen molar-refractivity contribution in [2.45, 2.75) is 5.37 Å². The van der Waals surface area contributed by atoms with E-state index in [4.69, 9.17) is 11.6 Å². The van der Waals surface area contributed by atoms with E-state index in [1.807, 2.05) is 0 Å². The summed E-state index contributed by atoms with van der Waals surface area (Å²) in [6.07, 6.45) is 1.17. The van der Waals surface area contributed by atoms with Crippen molar-refractivity contribution >= 4 is 39.1 Å². The van der Waals surface area contributed by atoms with Crippen LogP contribution in [0.5, 0.6) is 0 Å². The number of halogens is 1. The molecule has 4 nitrogen and oxygen atoms in total. The van der Waals surface area contributed by atoms with Crippen LogP contribution in [-0.4, -0.2) is 48.9 Å². The highest BCUT2D eigenvalue weighted by atomic mass is 35.5. The lowest BCUT2D eigenvalue weighted by Crippen LogP contribution is -2.49. The Hall–Kier alpha value is -0.720. The molecular weight excluding hydrogens is 306 g/mol. The number of amides is 1. The molecule has 0 bridgehead atoms. The quantitative estimate of drug-likeness (QED) is 0.835. The molecule has 0 unspecified atom stereocenters. The fourth-order valence-corrected chi connectivity index (χ4v) is 4.96. The molecular formula is C12H14ClNO3S2. The lowest BCUT2D eigenvalue weighted by molar-refractivity contribution is 0.0749. The maximum absolute atomic E-state index is 12.4. The average Bonchev–Trinajstić information content (AvgIpc) is 2.37. The molecule has 0 aromatic heterocycles. The number of benzene rings is 1. The molecule has 7 heteroatoms. The SMILES string of the molecule is CS(=O)(=O)[C@@H]1CSCCN1C(=O)c1cccc(Cl)c1. The van der Waals surface area contributed by atoms with Gasteiger partial charge in [-0.25, -0.2) is 8.42 Å². The summed E-state index contributed by atoms with van der Waals surface area (Å²) in [6.45, 7) is 0.438. The predicted octanol–water partition coefficient (Wildman–Crippen LogP) is 1.90. The van der Waals surface area contributed by atoms with E-state index in [0.717, 1.165) is 5.75 Å². The van der Waals surface area contributed by atoms with Gasteiger partial charge in [-0.2, -0.15) is 11.8 Å². The van der Waals surface area contributed by atoms with Crippen LogP contribution in [0.25, 0.3) is 0 Å². The van der Waals surface area contributed by atoms with Crippen molar-refractivity contribution in [3.63, 3.8) is 0 Å². The Kier molecular flexibility index (Phi) is 4.43. The number of sulfone groups is 1. The van der Waals surface area contributed by atoms with Gasteiger partial charge in [-0.15, -0.1) is 0 Å². The minimum Gasteiger partial charge on any atom is -0.320 e. The van der Waals surface area contributed by atoms with Gasteiger partial charge in [-0.05, 0) is 18.2 Å². The van der Waals surface area contributed by atoms with Gasteiger partial charge in [0.1, 0.15) is 5.37 Å². The monoisotopic (exact) mass is 319 g/mol. The Labute approximate surface area is 122 Å². The summed E-state index contributed by atoms with van der Waals surface area (Å²) in [4.78, 5) is 13.8. The van der Waals surface area contributed by atoms with Crippen molar-refractivity contribution in [3.8, 4) is 0 Å². The molecule has 1 aromatic carbocycles. The fourth-order valence-electron chi connectivity index (χ4n) is 1.96. The molecule has 0 saturated carbocycles. The maximum atomic E-state index is 12.4. The second-order valence-electron chi connectivity index (χ2n) is 4.37. The zero-order valence-corrected chi connectivity index (χ0v) is 12.8. The Bertz CT molecular complexity index is 588. The highest BCUT2D eigenvalue weighted by molar-refractivity contribution is 8.00. The van der Waals surface area contributed by atoms with Crippen LogP contribution in [0, 0.1) is 0 Å². The zero-order chi connectivity index (χ0) is 14.0. The lowest BCUT2D eigenvalue weighted by Gasteiger charge is -2.34. The van der Waals surface area contributed by atoms with E-state index in [-0.39, 0.29) is 5.91 Å². The van der Waals surface area contributed by atoms with Crippen molar-refractivity contribution in [2.24, 2.45) is 0 Å². The molecule has 0 spiro atoms. The van der Waals surface area contributed by atoms with Gasteiger partial charge in [0.2, 0.25) is 0 Å². The van der Waals surface area contributed by atoms with Gasteiger partial charge in [-0.1, -0.05) is 17.7 Å². The average molecular weight is 320 g/mol. The smallest absolute Gasteiger partial charge is 0.255 e. The van der Waals surface area contributed by atoms with Crippen LogP contribution in [0.1, 0.15) is 10.4 Å². The number of rotatable bonds is 2. The summed E-state index contributed by atoms with van der Waals surface area (Å²) in [5.41, 5.74) is 0.424. The molecule has 0 radical (unpaired) electrons. The van der Waals surface area contributed by atoms with Gasteiger partial charge in [-0.3, -0.25) is 4.79 Å². The van der Waals surface area contributed by atoms with Gasteiger partial charge in [0, 0.05) is 34.9 Å². The molecule has 104 valence electrons. The van der Waals surface area contributed by atoms with Crippen LogP contribution >= 0.6 is 23.4 Å². The number of carbonyl (C=O) groups excluding carboxylic acids is 1. The first kappa shape index (κ1) is 14.7. The second-order valence-corrected chi connectivity index (χ2v) is 8.16. The molecule has 1 aliphatic rings. The number of hydrogen-bond donors (Lipinski definition) is 0. The Morgan fingerprint density at radius 1 is 1.47 bits per heavy atom. The maximum Gasteiger partial charge on any atom is 0.255 e. The summed E-state index contributed by atoms with van der Waals surface area (Å²) >= 11 is 7.41.